The predicted molar refractivity (Wildman–Crippen MR) is 95.9 cm³/mol. The summed E-state index contributed by atoms with van der Waals surface area (Å²) in [7, 11) is 0. The zero-order valence-electron chi connectivity index (χ0n) is 13.5. The second-order valence-corrected chi connectivity index (χ2v) is 7.67. The molecule has 1 unspecified atom stereocenters. The number of hydrogen-bond donors (Lipinski definition) is 0. The summed E-state index contributed by atoms with van der Waals surface area (Å²) < 4.78 is 5.91. The molecule has 23 heavy (non-hydrogen) atoms. The Bertz CT molecular complexity index is 646. The van der Waals surface area contributed by atoms with Crippen molar-refractivity contribution in [2.24, 2.45) is 5.92 Å². The van der Waals surface area contributed by atoms with Gasteiger partial charge in [-0.2, -0.15) is 0 Å². The normalized spacial score (nSPS) is 18.4. The van der Waals surface area contributed by atoms with E-state index in [4.69, 9.17) is 16.3 Å². The van der Waals surface area contributed by atoms with Crippen LogP contribution in [0.2, 0.25) is 5.02 Å². The summed E-state index contributed by atoms with van der Waals surface area (Å²) in [4.78, 5) is 2.34. The highest BCUT2D eigenvalue weighted by atomic mass is 35.5. The number of halogens is 1. The number of ether oxygens (including phenoxy) is 1. The minimum absolute atomic E-state index is 0.436. The van der Waals surface area contributed by atoms with Crippen LogP contribution >= 0.6 is 22.9 Å². The Balaban J connectivity index is 1.58. The third-order valence-corrected chi connectivity index (χ3v) is 5.62. The fourth-order valence-corrected chi connectivity index (χ4v) is 3.80. The summed E-state index contributed by atoms with van der Waals surface area (Å²) >= 11 is 7.86. The van der Waals surface area contributed by atoms with Gasteiger partial charge in [0.05, 0.1) is 11.6 Å². The minimum atomic E-state index is 0.436. The van der Waals surface area contributed by atoms with E-state index < -0.39 is 0 Å². The molecule has 1 aromatic heterocycles. The number of anilines is 1. The molecule has 0 saturated carbocycles. The van der Waals surface area contributed by atoms with Crippen molar-refractivity contribution in [1.82, 2.24) is 10.2 Å². The first-order valence-electron chi connectivity index (χ1n) is 8.09. The maximum atomic E-state index is 6.15. The van der Waals surface area contributed by atoms with Crippen molar-refractivity contribution >= 4 is 28.1 Å². The Morgan fingerprint density at radius 3 is 2.91 bits per heavy atom. The average molecular weight is 352 g/mol. The number of hydrogen-bond acceptors (Lipinski definition) is 5. The van der Waals surface area contributed by atoms with E-state index in [0.717, 1.165) is 35.4 Å². The highest BCUT2D eigenvalue weighted by Gasteiger charge is 2.23. The van der Waals surface area contributed by atoms with Gasteiger partial charge in [-0.1, -0.05) is 48.9 Å². The van der Waals surface area contributed by atoms with Crippen molar-refractivity contribution < 1.29 is 4.74 Å². The molecule has 0 spiro atoms. The fourth-order valence-electron chi connectivity index (χ4n) is 2.73. The Kier molecular flexibility index (Phi) is 5.38. The van der Waals surface area contributed by atoms with Crippen LogP contribution in [0, 0.1) is 5.92 Å². The van der Waals surface area contributed by atoms with Gasteiger partial charge in [-0.25, -0.2) is 0 Å². The maximum Gasteiger partial charge on any atom is 0.208 e. The number of benzene rings is 1. The summed E-state index contributed by atoms with van der Waals surface area (Å²) in [6, 6.07) is 7.64. The molecule has 0 bridgehead atoms. The molecule has 1 saturated heterocycles. The lowest BCUT2D eigenvalue weighted by molar-refractivity contribution is 0.229. The number of nitrogens with zero attached hydrogens (tertiary/aromatic N) is 3. The Hall–Kier alpha value is -1.33. The van der Waals surface area contributed by atoms with Gasteiger partial charge in [0, 0.05) is 24.9 Å². The standard InChI is InChI=1S/C17H22ClN3OS/c1-12(2)16-19-20-17(23-16)21-9-5-6-13(10-21)11-22-15-8-4-3-7-14(15)18/h3-4,7-8,12-13H,5-6,9-11H2,1-2H3. The lowest BCUT2D eigenvalue weighted by Crippen LogP contribution is -2.37. The van der Waals surface area contributed by atoms with Crippen LogP contribution in [0.5, 0.6) is 5.75 Å². The molecule has 0 N–H and O–H groups in total. The summed E-state index contributed by atoms with van der Waals surface area (Å²) in [5, 5.41) is 11.5. The van der Waals surface area contributed by atoms with E-state index in [1.807, 2.05) is 24.3 Å². The monoisotopic (exact) mass is 351 g/mol. The average Bonchev–Trinajstić information content (AvgIpc) is 3.05. The molecule has 0 aliphatic carbocycles. The number of aromatic nitrogens is 2. The van der Waals surface area contributed by atoms with Crippen molar-refractivity contribution in [3.05, 3.63) is 34.3 Å². The molecule has 124 valence electrons. The van der Waals surface area contributed by atoms with Gasteiger partial charge in [0.1, 0.15) is 10.8 Å². The van der Waals surface area contributed by atoms with Crippen LogP contribution in [-0.2, 0) is 0 Å². The van der Waals surface area contributed by atoms with Gasteiger partial charge in [-0.05, 0) is 25.0 Å². The quantitative estimate of drug-likeness (QED) is 0.788. The Morgan fingerprint density at radius 1 is 1.35 bits per heavy atom. The lowest BCUT2D eigenvalue weighted by Gasteiger charge is -2.32. The molecule has 2 heterocycles. The molecule has 4 nitrogen and oxygen atoms in total. The Morgan fingerprint density at radius 2 is 2.17 bits per heavy atom. The summed E-state index contributed by atoms with van der Waals surface area (Å²) in [5.74, 6) is 1.70. The topological polar surface area (TPSA) is 38.2 Å². The van der Waals surface area contributed by atoms with Crippen molar-refractivity contribution in [2.45, 2.75) is 32.6 Å². The summed E-state index contributed by atoms with van der Waals surface area (Å²) in [6.45, 7) is 7.02. The van der Waals surface area contributed by atoms with Crippen LogP contribution in [0.1, 0.15) is 37.6 Å². The molecule has 0 radical (unpaired) electrons. The van der Waals surface area contributed by atoms with Gasteiger partial charge in [0.2, 0.25) is 5.13 Å². The van der Waals surface area contributed by atoms with E-state index in [2.05, 4.69) is 28.9 Å². The molecule has 0 amide bonds. The molecular weight excluding hydrogens is 330 g/mol. The van der Waals surface area contributed by atoms with Crippen LogP contribution in [0.4, 0.5) is 5.13 Å². The molecule has 6 heteroatoms. The van der Waals surface area contributed by atoms with Gasteiger partial charge < -0.3 is 9.64 Å². The van der Waals surface area contributed by atoms with Crippen molar-refractivity contribution in [2.75, 3.05) is 24.6 Å². The number of para-hydroxylation sites is 1. The van der Waals surface area contributed by atoms with E-state index in [9.17, 15) is 0 Å². The van der Waals surface area contributed by atoms with E-state index in [1.165, 1.54) is 6.42 Å². The number of rotatable bonds is 5. The molecular formula is C17H22ClN3OS. The second-order valence-electron chi connectivity index (χ2n) is 6.27. The molecule has 3 rings (SSSR count). The third-order valence-electron chi connectivity index (χ3n) is 4.02. The van der Waals surface area contributed by atoms with Crippen molar-refractivity contribution in [1.29, 1.82) is 0 Å². The van der Waals surface area contributed by atoms with E-state index in [-0.39, 0.29) is 0 Å². The zero-order chi connectivity index (χ0) is 16.2. The first-order chi connectivity index (χ1) is 11.1. The first-order valence-corrected chi connectivity index (χ1v) is 9.28. The summed E-state index contributed by atoms with van der Waals surface area (Å²) in [6.07, 6.45) is 2.34. The molecule has 1 fully saturated rings. The smallest absolute Gasteiger partial charge is 0.208 e. The second kappa shape index (κ2) is 7.49. The van der Waals surface area contributed by atoms with E-state index in [1.54, 1.807) is 11.3 Å². The highest BCUT2D eigenvalue weighted by Crippen LogP contribution is 2.30. The molecule has 1 aromatic carbocycles. The largest absolute Gasteiger partial charge is 0.492 e. The molecule has 1 atom stereocenters. The Labute approximate surface area is 146 Å². The van der Waals surface area contributed by atoms with Crippen molar-refractivity contribution in [3.8, 4) is 5.75 Å². The van der Waals surface area contributed by atoms with Crippen LogP contribution in [0.3, 0.4) is 0 Å². The van der Waals surface area contributed by atoms with E-state index >= 15 is 0 Å². The minimum Gasteiger partial charge on any atom is -0.492 e. The van der Waals surface area contributed by atoms with Gasteiger partial charge in [0.25, 0.3) is 0 Å². The fraction of sp³-hybridized carbons (Fsp3) is 0.529. The van der Waals surface area contributed by atoms with Gasteiger partial charge in [0.15, 0.2) is 0 Å². The van der Waals surface area contributed by atoms with Crippen LogP contribution in [-0.4, -0.2) is 29.9 Å². The van der Waals surface area contributed by atoms with Crippen LogP contribution < -0.4 is 9.64 Å². The highest BCUT2D eigenvalue weighted by molar-refractivity contribution is 7.15. The van der Waals surface area contributed by atoms with Gasteiger partial charge >= 0.3 is 0 Å². The SMILES string of the molecule is CC(C)c1nnc(N2CCCC(COc3ccccc3Cl)C2)s1. The number of piperidine rings is 1. The van der Waals surface area contributed by atoms with Crippen molar-refractivity contribution in [3.63, 3.8) is 0 Å². The summed E-state index contributed by atoms with van der Waals surface area (Å²) in [5.41, 5.74) is 0. The molecule has 1 aliphatic rings. The van der Waals surface area contributed by atoms with Crippen LogP contribution in [0.25, 0.3) is 0 Å². The van der Waals surface area contributed by atoms with Gasteiger partial charge in [-0.3, -0.25) is 0 Å². The molecule has 2 aromatic rings. The maximum absolute atomic E-state index is 6.15. The first kappa shape index (κ1) is 16.5. The predicted octanol–water partition coefficient (Wildman–Crippen LogP) is 4.61. The van der Waals surface area contributed by atoms with Crippen LogP contribution in [0.15, 0.2) is 24.3 Å². The van der Waals surface area contributed by atoms with E-state index in [0.29, 0.717) is 23.5 Å². The lowest BCUT2D eigenvalue weighted by atomic mass is 9.99. The molecule has 1 aliphatic heterocycles. The van der Waals surface area contributed by atoms with Gasteiger partial charge in [-0.15, -0.1) is 10.2 Å². The zero-order valence-corrected chi connectivity index (χ0v) is 15.1. The third kappa shape index (κ3) is 4.15.